The van der Waals surface area contributed by atoms with Gasteiger partial charge in [0.05, 0.1) is 16.7 Å². The number of thioether (sulfide) groups is 1. The molecule has 0 aromatic carbocycles. The van der Waals surface area contributed by atoms with Crippen LogP contribution in [-0.4, -0.2) is 10.2 Å². The van der Waals surface area contributed by atoms with Crippen LogP contribution in [0.2, 0.25) is 0 Å². The zero-order valence-electron chi connectivity index (χ0n) is 9.52. The third-order valence-electron chi connectivity index (χ3n) is 3.04. The molecule has 2 rings (SSSR count). The summed E-state index contributed by atoms with van der Waals surface area (Å²) in [5, 5.41) is 10.5. The van der Waals surface area contributed by atoms with Crippen molar-refractivity contribution in [1.29, 1.82) is 5.26 Å². The SMILES string of the molecule is CC1CCCC(Sc2cc(C#N)ccn2)C1. The Bertz CT molecular complexity index is 397. The highest BCUT2D eigenvalue weighted by Crippen LogP contribution is 2.35. The molecule has 1 aliphatic carbocycles. The van der Waals surface area contributed by atoms with E-state index >= 15 is 0 Å². The van der Waals surface area contributed by atoms with Crippen molar-refractivity contribution in [3.8, 4) is 6.07 Å². The monoisotopic (exact) mass is 232 g/mol. The van der Waals surface area contributed by atoms with Gasteiger partial charge in [-0.1, -0.05) is 19.8 Å². The van der Waals surface area contributed by atoms with Gasteiger partial charge in [0.15, 0.2) is 0 Å². The Morgan fingerprint density at radius 3 is 3.12 bits per heavy atom. The topological polar surface area (TPSA) is 36.7 Å². The number of hydrogen-bond donors (Lipinski definition) is 0. The molecule has 1 aliphatic rings. The van der Waals surface area contributed by atoms with E-state index in [4.69, 9.17) is 5.26 Å². The lowest BCUT2D eigenvalue weighted by atomic mass is 9.91. The van der Waals surface area contributed by atoms with Gasteiger partial charge in [0.1, 0.15) is 0 Å². The molecule has 84 valence electrons. The molecule has 1 aromatic heterocycles. The van der Waals surface area contributed by atoms with Crippen molar-refractivity contribution in [2.75, 3.05) is 0 Å². The lowest BCUT2D eigenvalue weighted by Crippen LogP contribution is -2.15. The molecule has 2 nitrogen and oxygen atoms in total. The Balaban J connectivity index is 2.00. The summed E-state index contributed by atoms with van der Waals surface area (Å²) in [7, 11) is 0. The molecule has 16 heavy (non-hydrogen) atoms. The second-order valence-electron chi connectivity index (χ2n) is 4.51. The normalized spacial score (nSPS) is 25.0. The first-order valence-electron chi connectivity index (χ1n) is 5.80. The predicted molar refractivity (Wildman–Crippen MR) is 66.2 cm³/mol. The number of nitriles is 1. The number of nitrogens with zero attached hydrogens (tertiary/aromatic N) is 2. The van der Waals surface area contributed by atoms with Crippen molar-refractivity contribution >= 4 is 11.8 Å². The predicted octanol–water partition coefficient (Wildman–Crippen LogP) is 3.62. The number of hydrogen-bond acceptors (Lipinski definition) is 3. The molecule has 0 saturated heterocycles. The molecule has 0 aliphatic heterocycles. The van der Waals surface area contributed by atoms with Gasteiger partial charge >= 0.3 is 0 Å². The molecule has 1 aromatic rings. The maximum atomic E-state index is 8.82. The van der Waals surface area contributed by atoms with Gasteiger partial charge in [-0.2, -0.15) is 5.26 Å². The van der Waals surface area contributed by atoms with E-state index in [1.165, 1.54) is 25.7 Å². The van der Waals surface area contributed by atoms with E-state index in [9.17, 15) is 0 Å². The van der Waals surface area contributed by atoms with Crippen LogP contribution in [0.25, 0.3) is 0 Å². The average molecular weight is 232 g/mol. The van der Waals surface area contributed by atoms with E-state index in [1.54, 1.807) is 12.3 Å². The average Bonchev–Trinajstić information content (AvgIpc) is 2.29. The Kier molecular flexibility index (Phi) is 3.84. The molecule has 1 heterocycles. The van der Waals surface area contributed by atoms with Crippen molar-refractivity contribution in [2.45, 2.75) is 42.9 Å². The number of rotatable bonds is 2. The second kappa shape index (κ2) is 5.36. The molecular weight excluding hydrogens is 216 g/mol. The summed E-state index contributed by atoms with van der Waals surface area (Å²) in [6, 6.07) is 5.81. The highest BCUT2D eigenvalue weighted by molar-refractivity contribution is 7.99. The first kappa shape index (κ1) is 11.5. The molecule has 0 spiro atoms. The summed E-state index contributed by atoms with van der Waals surface area (Å²) < 4.78 is 0. The van der Waals surface area contributed by atoms with Crippen LogP contribution in [0.5, 0.6) is 0 Å². The van der Waals surface area contributed by atoms with Gasteiger partial charge in [-0.25, -0.2) is 4.98 Å². The van der Waals surface area contributed by atoms with Gasteiger partial charge in [0, 0.05) is 11.4 Å². The molecule has 0 N–H and O–H groups in total. The van der Waals surface area contributed by atoms with Crippen LogP contribution in [0.4, 0.5) is 0 Å². The maximum Gasteiger partial charge on any atom is 0.0993 e. The third-order valence-corrected chi connectivity index (χ3v) is 4.27. The molecule has 3 heteroatoms. The van der Waals surface area contributed by atoms with E-state index in [2.05, 4.69) is 18.0 Å². The largest absolute Gasteiger partial charge is 0.250 e. The van der Waals surface area contributed by atoms with E-state index < -0.39 is 0 Å². The molecule has 0 amide bonds. The quantitative estimate of drug-likeness (QED) is 0.781. The van der Waals surface area contributed by atoms with Gasteiger partial charge in [-0.05, 0) is 30.9 Å². The fourth-order valence-electron chi connectivity index (χ4n) is 2.20. The zero-order chi connectivity index (χ0) is 11.4. The van der Waals surface area contributed by atoms with Crippen LogP contribution in [0, 0.1) is 17.2 Å². The van der Waals surface area contributed by atoms with Gasteiger partial charge in [-0.15, -0.1) is 11.8 Å². The summed E-state index contributed by atoms with van der Waals surface area (Å²) >= 11 is 1.84. The van der Waals surface area contributed by atoms with Crippen molar-refractivity contribution in [2.24, 2.45) is 5.92 Å². The minimum Gasteiger partial charge on any atom is -0.250 e. The Morgan fingerprint density at radius 2 is 2.38 bits per heavy atom. The van der Waals surface area contributed by atoms with Crippen molar-refractivity contribution in [3.05, 3.63) is 23.9 Å². The first-order valence-corrected chi connectivity index (χ1v) is 6.68. The minimum absolute atomic E-state index is 0.685. The van der Waals surface area contributed by atoms with Crippen LogP contribution in [0.3, 0.4) is 0 Å². The van der Waals surface area contributed by atoms with Crippen LogP contribution in [0.15, 0.2) is 23.4 Å². The van der Waals surface area contributed by atoms with E-state index in [-0.39, 0.29) is 0 Å². The van der Waals surface area contributed by atoms with Gasteiger partial charge < -0.3 is 0 Å². The van der Waals surface area contributed by atoms with Crippen molar-refractivity contribution in [1.82, 2.24) is 4.98 Å². The summed E-state index contributed by atoms with van der Waals surface area (Å²) in [5.74, 6) is 0.838. The maximum absolute atomic E-state index is 8.82. The highest BCUT2D eigenvalue weighted by atomic mass is 32.2. The fourth-order valence-corrected chi connectivity index (χ4v) is 3.57. The van der Waals surface area contributed by atoms with Crippen LogP contribution >= 0.6 is 11.8 Å². The van der Waals surface area contributed by atoms with E-state index in [0.717, 1.165) is 10.9 Å². The second-order valence-corrected chi connectivity index (χ2v) is 5.83. The number of aromatic nitrogens is 1. The minimum atomic E-state index is 0.685. The van der Waals surface area contributed by atoms with Gasteiger partial charge in [0.2, 0.25) is 0 Å². The fraction of sp³-hybridized carbons (Fsp3) is 0.538. The van der Waals surface area contributed by atoms with Crippen LogP contribution < -0.4 is 0 Å². The lowest BCUT2D eigenvalue weighted by molar-refractivity contribution is 0.394. The molecule has 1 saturated carbocycles. The van der Waals surface area contributed by atoms with E-state index in [1.807, 2.05) is 17.8 Å². The van der Waals surface area contributed by atoms with E-state index in [0.29, 0.717) is 10.8 Å². The molecule has 2 atom stereocenters. The first-order chi connectivity index (χ1) is 7.78. The lowest BCUT2D eigenvalue weighted by Gasteiger charge is -2.25. The molecule has 0 bridgehead atoms. The summed E-state index contributed by atoms with van der Waals surface area (Å²) in [5.41, 5.74) is 0.710. The smallest absolute Gasteiger partial charge is 0.0993 e. The molecule has 2 unspecified atom stereocenters. The Labute approximate surface area is 101 Å². The van der Waals surface area contributed by atoms with Crippen molar-refractivity contribution < 1.29 is 0 Å². The molecule has 0 radical (unpaired) electrons. The Morgan fingerprint density at radius 1 is 1.50 bits per heavy atom. The zero-order valence-corrected chi connectivity index (χ0v) is 10.3. The highest BCUT2D eigenvalue weighted by Gasteiger charge is 2.20. The standard InChI is InChI=1S/C13H16N2S/c1-10-3-2-4-12(7-10)16-13-8-11(9-14)5-6-15-13/h5-6,8,10,12H,2-4,7H2,1H3. The Hall–Kier alpha value is -1.01. The summed E-state index contributed by atoms with van der Waals surface area (Å²) in [4.78, 5) is 4.32. The molecule has 1 fully saturated rings. The van der Waals surface area contributed by atoms with Gasteiger partial charge in [0.25, 0.3) is 0 Å². The van der Waals surface area contributed by atoms with Crippen LogP contribution in [-0.2, 0) is 0 Å². The van der Waals surface area contributed by atoms with Crippen molar-refractivity contribution in [3.63, 3.8) is 0 Å². The number of pyridine rings is 1. The van der Waals surface area contributed by atoms with Gasteiger partial charge in [-0.3, -0.25) is 0 Å². The van der Waals surface area contributed by atoms with Crippen LogP contribution in [0.1, 0.15) is 38.2 Å². The summed E-state index contributed by atoms with van der Waals surface area (Å²) in [6.45, 7) is 2.33. The third kappa shape index (κ3) is 2.99. The summed E-state index contributed by atoms with van der Waals surface area (Å²) in [6.07, 6.45) is 6.99. The molecular formula is C13H16N2S.